The second kappa shape index (κ2) is 6.07. The summed E-state index contributed by atoms with van der Waals surface area (Å²) < 4.78 is 12.4. The van der Waals surface area contributed by atoms with Gasteiger partial charge >= 0.3 is 5.97 Å². The SMILES string of the molecule is CCOC(=O)c1nn(C)c(-c2cc(C3CC3)ccc2OC)c1C. The van der Waals surface area contributed by atoms with Crippen LogP contribution < -0.4 is 4.74 Å². The van der Waals surface area contributed by atoms with Gasteiger partial charge in [0.15, 0.2) is 5.69 Å². The van der Waals surface area contributed by atoms with Crippen molar-refractivity contribution in [1.29, 1.82) is 0 Å². The Morgan fingerprint density at radius 3 is 2.74 bits per heavy atom. The molecule has 0 spiro atoms. The molecule has 0 aliphatic heterocycles. The molecule has 1 aromatic carbocycles. The minimum atomic E-state index is -0.385. The zero-order valence-electron chi connectivity index (χ0n) is 14.0. The van der Waals surface area contributed by atoms with Crippen molar-refractivity contribution in [3.05, 3.63) is 35.0 Å². The molecular formula is C18H22N2O3. The van der Waals surface area contributed by atoms with Crippen LogP contribution in [0.1, 0.15) is 47.3 Å². The Labute approximate surface area is 136 Å². The highest BCUT2D eigenvalue weighted by Gasteiger charge is 2.27. The summed E-state index contributed by atoms with van der Waals surface area (Å²) in [6.45, 7) is 4.03. The lowest BCUT2D eigenvalue weighted by Gasteiger charge is -2.12. The van der Waals surface area contributed by atoms with Gasteiger partial charge in [-0.2, -0.15) is 5.10 Å². The number of hydrogen-bond donors (Lipinski definition) is 0. The van der Waals surface area contributed by atoms with Gasteiger partial charge < -0.3 is 9.47 Å². The average molecular weight is 314 g/mol. The summed E-state index contributed by atoms with van der Waals surface area (Å²) >= 11 is 0. The predicted octanol–water partition coefficient (Wildman–Crippen LogP) is 3.46. The van der Waals surface area contributed by atoms with E-state index < -0.39 is 0 Å². The maximum Gasteiger partial charge on any atom is 0.359 e. The number of hydrogen-bond acceptors (Lipinski definition) is 4. The van der Waals surface area contributed by atoms with E-state index in [1.807, 2.05) is 20.0 Å². The van der Waals surface area contributed by atoms with Crippen LogP contribution in [0.4, 0.5) is 0 Å². The van der Waals surface area contributed by atoms with Crippen LogP contribution in [0, 0.1) is 6.92 Å². The standard InChI is InChI=1S/C18H22N2O3/c1-5-23-18(21)16-11(2)17(20(3)19-16)14-10-13(12-6-7-12)8-9-15(14)22-4/h8-10,12H,5-7H2,1-4H3. The Balaban J connectivity index is 2.11. The van der Waals surface area contributed by atoms with E-state index in [2.05, 4.69) is 17.2 Å². The first-order chi connectivity index (χ1) is 11.1. The van der Waals surface area contributed by atoms with Gasteiger partial charge in [-0.05, 0) is 50.3 Å². The van der Waals surface area contributed by atoms with Crippen molar-refractivity contribution < 1.29 is 14.3 Å². The molecule has 0 unspecified atom stereocenters. The van der Waals surface area contributed by atoms with E-state index in [1.54, 1.807) is 18.7 Å². The van der Waals surface area contributed by atoms with Gasteiger partial charge in [0, 0.05) is 18.2 Å². The summed E-state index contributed by atoms with van der Waals surface area (Å²) in [7, 11) is 3.50. The third-order valence-corrected chi connectivity index (χ3v) is 4.28. The molecule has 1 heterocycles. The molecule has 1 aliphatic carbocycles. The molecular weight excluding hydrogens is 292 g/mol. The molecule has 1 saturated carbocycles. The molecule has 0 radical (unpaired) electrons. The molecule has 0 N–H and O–H groups in total. The van der Waals surface area contributed by atoms with Crippen LogP contribution in [0.5, 0.6) is 5.75 Å². The fourth-order valence-corrected chi connectivity index (χ4v) is 2.98. The van der Waals surface area contributed by atoms with Gasteiger partial charge in [0.1, 0.15) is 5.75 Å². The lowest BCUT2D eigenvalue weighted by molar-refractivity contribution is 0.0517. The van der Waals surface area contributed by atoms with Crippen molar-refractivity contribution in [3.8, 4) is 17.0 Å². The summed E-state index contributed by atoms with van der Waals surface area (Å²) in [5, 5.41) is 4.36. The first-order valence-corrected chi connectivity index (χ1v) is 7.95. The lowest BCUT2D eigenvalue weighted by Crippen LogP contribution is -2.07. The van der Waals surface area contributed by atoms with Gasteiger partial charge in [0.05, 0.1) is 19.4 Å². The molecule has 0 saturated heterocycles. The van der Waals surface area contributed by atoms with Crippen molar-refractivity contribution in [3.63, 3.8) is 0 Å². The first kappa shape index (κ1) is 15.6. The molecule has 0 amide bonds. The van der Waals surface area contributed by atoms with E-state index in [-0.39, 0.29) is 5.97 Å². The van der Waals surface area contributed by atoms with E-state index in [0.29, 0.717) is 18.2 Å². The molecule has 1 aromatic heterocycles. The Morgan fingerprint density at radius 1 is 1.39 bits per heavy atom. The first-order valence-electron chi connectivity index (χ1n) is 7.95. The Kier molecular flexibility index (Phi) is 4.11. The number of nitrogens with zero attached hydrogens (tertiary/aromatic N) is 2. The largest absolute Gasteiger partial charge is 0.496 e. The molecule has 1 fully saturated rings. The van der Waals surface area contributed by atoms with E-state index in [0.717, 1.165) is 22.6 Å². The number of benzene rings is 1. The molecule has 3 rings (SSSR count). The Hall–Kier alpha value is -2.30. The average Bonchev–Trinajstić information content (AvgIpc) is 3.33. The number of esters is 1. The van der Waals surface area contributed by atoms with Crippen molar-refractivity contribution in [1.82, 2.24) is 9.78 Å². The minimum Gasteiger partial charge on any atom is -0.496 e. The third-order valence-electron chi connectivity index (χ3n) is 4.28. The van der Waals surface area contributed by atoms with Crippen LogP contribution in [0.25, 0.3) is 11.3 Å². The summed E-state index contributed by atoms with van der Waals surface area (Å²) in [5.74, 6) is 1.05. The van der Waals surface area contributed by atoms with Crippen LogP contribution >= 0.6 is 0 Å². The monoisotopic (exact) mass is 314 g/mol. The van der Waals surface area contributed by atoms with Crippen LogP contribution in [0.2, 0.25) is 0 Å². The van der Waals surface area contributed by atoms with Crippen LogP contribution in [-0.4, -0.2) is 29.5 Å². The number of rotatable bonds is 5. The van der Waals surface area contributed by atoms with Crippen molar-refractivity contribution in [2.75, 3.05) is 13.7 Å². The van der Waals surface area contributed by atoms with E-state index in [9.17, 15) is 4.79 Å². The van der Waals surface area contributed by atoms with Gasteiger partial charge in [-0.1, -0.05) is 6.07 Å². The van der Waals surface area contributed by atoms with Crippen molar-refractivity contribution >= 4 is 5.97 Å². The zero-order chi connectivity index (χ0) is 16.6. The molecule has 2 aromatic rings. The number of methoxy groups -OCH3 is 1. The topological polar surface area (TPSA) is 53.3 Å². The molecule has 0 atom stereocenters. The highest BCUT2D eigenvalue weighted by atomic mass is 16.5. The van der Waals surface area contributed by atoms with E-state index >= 15 is 0 Å². The fraction of sp³-hybridized carbons (Fsp3) is 0.444. The third kappa shape index (κ3) is 2.83. The van der Waals surface area contributed by atoms with E-state index in [1.165, 1.54) is 18.4 Å². The summed E-state index contributed by atoms with van der Waals surface area (Å²) in [6, 6.07) is 6.28. The second-order valence-corrected chi connectivity index (χ2v) is 5.90. The summed E-state index contributed by atoms with van der Waals surface area (Å²) in [5.41, 5.74) is 4.37. The number of ether oxygens (including phenoxy) is 2. The highest BCUT2D eigenvalue weighted by Crippen LogP contribution is 2.43. The quantitative estimate of drug-likeness (QED) is 0.793. The maximum absolute atomic E-state index is 12.1. The number of aryl methyl sites for hydroxylation is 1. The molecule has 5 nitrogen and oxygen atoms in total. The lowest BCUT2D eigenvalue weighted by atomic mass is 10.0. The minimum absolute atomic E-state index is 0.338. The zero-order valence-corrected chi connectivity index (χ0v) is 14.0. The summed E-state index contributed by atoms with van der Waals surface area (Å²) in [4.78, 5) is 12.1. The molecule has 0 bridgehead atoms. The van der Waals surface area contributed by atoms with Gasteiger partial charge in [-0.3, -0.25) is 4.68 Å². The van der Waals surface area contributed by atoms with Crippen LogP contribution in [0.3, 0.4) is 0 Å². The number of carbonyl (C=O) groups is 1. The van der Waals surface area contributed by atoms with Crippen molar-refractivity contribution in [2.24, 2.45) is 7.05 Å². The van der Waals surface area contributed by atoms with Gasteiger partial charge in [-0.25, -0.2) is 4.79 Å². The predicted molar refractivity (Wildman–Crippen MR) is 87.9 cm³/mol. The van der Waals surface area contributed by atoms with Gasteiger partial charge in [-0.15, -0.1) is 0 Å². The highest BCUT2D eigenvalue weighted by molar-refractivity contribution is 5.91. The summed E-state index contributed by atoms with van der Waals surface area (Å²) in [6.07, 6.45) is 2.48. The molecule has 1 aliphatic rings. The van der Waals surface area contributed by atoms with Crippen LogP contribution in [-0.2, 0) is 11.8 Å². The Morgan fingerprint density at radius 2 is 2.13 bits per heavy atom. The molecule has 122 valence electrons. The number of carbonyl (C=O) groups excluding carboxylic acids is 1. The smallest absolute Gasteiger partial charge is 0.359 e. The van der Waals surface area contributed by atoms with Crippen LogP contribution in [0.15, 0.2) is 18.2 Å². The second-order valence-electron chi connectivity index (χ2n) is 5.90. The normalized spacial score (nSPS) is 13.9. The maximum atomic E-state index is 12.1. The Bertz CT molecular complexity index is 745. The fourth-order valence-electron chi connectivity index (χ4n) is 2.98. The molecule has 5 heteroatoms. The van der Waals surface area contributed by atoms with Gasteiger partial charge in [0.2, 0.25) is 0 Å². The number of aromatic nitrogens is 2. The molecule has 23 heavy (non-hydrogen) atoms. The van der Waals surface area contributed by atoms with Gasteiger partial charge in [0.25, 0.3) is 0 Å². The van der Waals surface area contributed by atoms with E-state index in [4.69, 9.17) is 9.47 Å². The van der Waals surface area contributed by atoms with Crippen molar-refractivity contribution in [2.45, 2.75) is 32.6 Å².